The Morgan fingerprint density at radius 3 is 2.68 bits per heavy atom. The molecule has 0 radical (unpaired) electrons. The Hall–Kier alpha value is -2.36. The van der Waals surface area contributed by atoms with Crippen molar-refractivity contribution >= 4 is 16.7 Å². The molecule has 0 spiro atoms. The third-order valence-electron chi connectivity index (χ3n) is 3.39. The summed E-state index contributed by atoms with van der Waals surface area (Å²) in [5.74, 6) is 0.823. The summed E-state index contributed by atoms with van der Waals surface area (Å²) in [6.07, 6.45) is 2.10. The van der Waals surface area contributed by atoms with Crippen LogP contribution in [0.15, 0.2) is 36.5 Å². The van der Waals surface area contributed by atoms with Crippen LogP contribution in [0.4, 0.5) is 5.82 Å². The predicted molar refractivity (Wildman–Crippen MR) is 78.2 cm³/mol. The van der Waals surface area contributed by atoms with Crippen LogP contribution in [0.3, 0.4) is 0 Å². The maximum atomic E-state index is 4.32. The number of hydrogen-bond donors (Lipinski definition) is 1. The molecule has 0 saturated carbocycles. The molecule has 0 aliphatic heterocycles. The lowest BCUT2D eigenvalue weighted by Crippen LogP contribution is -1.98. The molecule has 0 unspecified atom stereocenters. The molecular weight excluding hydrogens is 236 g/mol. The second-order valence-corrected chi connectivity index (χ2v) is 4.68. The molecule has 1 N–H and O–H groups in total. The summed E-state index contributed by atoms with van der Waals surface area (Å²) in [5, 5.41) is 12.8. The largest absolute Gasteiger partial charge is 0.371 e. The van der Waals surface area contributed by atoms with Crippen LogP contribution in [-0.2, 0) is 7.05 Å². The van der Waals surface area contributed by atoms with Gasteiger partial charge in [0.15, 0.2) is 5.82 Å². The van der Waals surface area contributed by atoms with Crippen molar-refractivity contribution in [3.63, 3.8) is 0 Å². The summed E-state index contributed by atoms with van der Waals surface area (Å²) < 4.78 is 2.12. The van der Waals surface area contributed by atoms with Gasteiger partial charge >= 0.3 is 0 Å². The van der Waals surface area contributed by atoms with Crippen LogP contribution in [0.5, 0.6) is 0 Å². The SMILES string of the molecule is CNc1nnc(-c2cn(C)c3ccccc23)cc1C. The van der Waals surface area contributed by atoms with E-state index in [1.54, 1.807) is 0 Å². The van der Waals surface area contributed by atoms with Gasteiger partial charge in [0.1, 0.15) is 0 Å². The van der Waals surface area contributed by atoms with Crippen LogP contribution < -0.4 is 5.32 Å². The van der Waals surface area contributed by atoms with Crippen molar-refractivity contribution in [1.82, 2.24) is 14.8 Å². The summed E-state index contributed by atoms with van der Waals surface area (Å²) in [6, 6.07) is 10.4. The minimum absolute atomic E-state index is 0.823. The highest BCUT2D eigenvalue weighted by molar-refractivity contribution is 5.95. The highest BCUT2D eigenvalue weighted by atomic mass is 15.2. The van der Waals surface area contributed by atoms with Crippen molar-refractivity contribution in [1.29, 1.82) is 0 Å². The van der Waals surface area contributed by atoms with Gasteiger partial charge in [-0.3, -0.25) is 0 Å². The van der Waals surface area contributed by atoms with E-state index in [9.17, 15) is 0 Å². The van der Waals surface area contributed by atoms with Crippen LogP contribution >= 0.6 is 0 Å². The Bertz CT molecular complexity index is 743. The lowest BCUT2D eigenvalue weighted by molar-refractivity contribution is 0.966. The Kier molecular flexibility index (Phi) is 2.71. The third-order valence-corrected chi connectivity index (χ3v) is 3.39. The molecular formula is C15H16N4. The first-order valence-corrected chi connectivity index (χ1v) is 6.27. The molecule has 0 amide bonds. The first-order chi connectivity index (χ1) is 9.20. The molecule has 19 heavy (non-hydrogen) atoms. The number of nitrogens with zero attached hydrogens (tertiary/aromatic N) is 3. The zero-order chi connectivity index (χ0) is 13.4. The number of rotatable bonds is 2. The quantitative estimate of drug-likeness (QED) is 0.762. The highest BCUT2D eigenvalue weighted by Crippen LogP contribution is 2.29. The number of para-hydroxylation sites is 1. The van der Waals surface area contributed by atoms with Crippen molar-refractivity contribution in [3.05, 3.63) is 42.1 Å². The molecule has 4 heteroatoms. The van der Waals surface area contributed by atoms with Gasteiger partial charge in [0.25, 0.3) is 0 Å². The Morgan fingerprint density at radius 1 is 1.16 bits per heavy atom. The van der Waals surface area contributed by atoms with Gasteiger partial charge in [-0.2, -0.15) is 0 Å². The number of nitrogens with one attached hydrogen (secondary N) is 1. The van der Waals surface area contributed by atoms with Gasteiger partial charge in [-0.1, -0.05) is 18.2 Å². The van der Waals surface area contributed by atoms with E-state index < -0.39 is 0 Å². The first kappa shape index (κ1) is 11.7. The van der Waals surface area contributed by atoms with E-state index in [-0.39, 0.29) is 0 Å². The monoisotopic (exact) mass is 252 g/mol. The molecule has 2 heterocycles. The Morgan fingerprint density at radius 2 is 1.95 bits per heavy atom. The third kappa shape index (κ3) is 1.85. The van der Waals surface area contributed by atoms with Gasteiger partial charge in [0.2, 0.25) is 0 Å². The summed E-state index contributed by atoms with van der Waals surface area (Å²) >= 11 is 0. The van der Waals surface area contributed by atoms with E-state index in [1.807, 2.05) is 33.2 Å². The summed E-state index contributed by atoms with van der Waals surface area (Å²) in [7, 11) is 3.91. The zero-order valence-corrected chi connectivity index (χ0v) is 11.3. The zero-order valence-electron chi connectivity index (χ0n) is 11.3. The topological polar surface area (TPSA) is 42.7 Å². The van der Waals surface area contributed by atoms with Crippen LogP contribution in [0.25, 0.3) is 22.2 Å². The normalized spacial score (nSPS) is 10.9. The van der Waals surface area contributed by atoms with Gasteiger partial charge in [0.05, 0.1) is 5.69 Å². The molecule has 0 aliphatic rings. The van der Waals surface area contributed by atoms with Crippen LogP contribution in [-0.4, -0.2) is 21.8 Å². The number of anilines is 1. The molecule has 0 saturated heterocycles. The Balaban J connectivity index is 2.22. The minimum atomic E-state index is 0.823. The maximum Gasteiger partial charge on any atom is 0.151 e. The van der Waals surface area contributed by atoms with Crippen molar-refractivity contribution < 1.29 is 0 Å². The fourth-order valence-electron chi connectivity index (χ4n) is 2.41. The van der Waals surface area contributed by atoms with Gasteiger partial charge in [-0.25, -0.2) is 0 Å². The van der Waals surface area contributed by atoms with Crippen molar-refractivity contribution in [3.8, 4) is 11.3 Å². The number of aromatic nitrogens is 3. The number of fused-ring (bicyclic) bond motifs is 1. The fourth-order valence-corrected chi connectivity index (χ4v) is 2.41. The van der Waals surface area contributed by atoms with Crippen molar-refractivity contribution in [2.75, 3.05) is 12.4 Å². The van der Waals surface area contributed by atoms with E-state index in [4.69, 9.17) is 0 Å². The number of benzene rings is 1. The highest BCUT2D eigenvalue weighted by Gasteiger charge is 2.11. The molecule has 0 bridgehead atoms. The maximum absolute atomic E-state index is 4.32. The molecule has 3 rings (SSSR count). The van der Waals surface area contributed by atoms with Gasteiger partial charge in [-0.05, 0) is 24.6 Å². The lowest BCUT2D eigenvalue weighted by Gasteiger charge is -2.04. The van der Waals surface area contributed by atoms with Crippen molar-refractivity contribution in [2.24, 2.45) is 7.05 Å². The van der Waals surface area contributed by atoms with E-state index in [1.165, 1.54) is 10.9 Å². The van der Waals surface area contributed by atoms with Crippen molar-refractivity contribution in [2.45, 2.75) is 6.92 Å². The standard InChI is InChI=1S/C15H16N4/c1-10-8-13(17-18-15(10)16-2)12-9-19(3)14-7-5-4-6-11(12)14/h4-9H,1-3H3,(H,16,18). The second-order valence-electron chi connectivity index (χ2n) is 4.68. The molecule has 0 aliphatic carbocycles. The van der Waals surface area contributed by atoms with Crippen LogP contribution in [0.1, 0.15) is 5.56 Å². The van der Waals surface area contributed by atoms with E-state index in [2.05, 4.69) is 44.5 Å². The van der Waals surface area contributed by atoms with Crippen LogP contribution in [0, 0.1) is 6.92 Å². The predicted octanol–water partition coefficient (Wildman–Crippen LogP) is 2.99. The molecule has 4 nitrogen and oxygen atoms in total. The molecule has 0 atom stereocenters. The average Bonchev–Trinajstić information content (AvgIpc) is 2.77. The summed E-state index contributed by atoms with van der Waals surface area (Å²) in [5.41, 5.74) is 4.33. The van der Waals surface area contributed by atoms with Crippen LogP contribution in [0.2, 0.25) is 0 Å². The molecule has 96 valence electrons. The second kappa shape index (κ2) is 4.39. The molecule has 2 aromatic heterocycles. The lowest BCUT2D eigenvalue weighted by atomic mass is 10.1. The first-order valence-electron chi connectivity index (χ1n) is 6.27. The molecule has 3 aromatic rings. The summed E-state index contributed by atoms with van der Waals surface area (Å²) in [6.45, 7) is 2.04. The molecule has 0 fully saturated rings. The number of hydrogen-bond acceptors (Lipinski definition) is 3. The van der Waals surface area contributed by atoms with Gasteiger partial charge in [-0.15, -0.1) is 10.2 Å². The van der Waals surface area contributed by atoms with E-state index >= 15 is 0 Å². The van der Waals surface area contributed by atoms with E-state index in [0.717, 1.165) is 22.6 Å². The summed E-state index contributed by atoms with van der Waals surface area (Å²) in [4.78, 5) is 0. The number of aryl methyl sites for hydroxylation is 2. The van der Waals surface area contributed by atoms with E-state index in [0.29, 0.717) is 0 Å². The average molecular weight is 252 g/mol. The van der Waals surface area contributed by atoms with Gasteiger partial charge < -0.3 is 9.88 Å². The van der Waals surface area contributed by atoms with Gasteiger partial charge in [0, 0.05) is 36.8 Å². The Labute approximate surface area is 112 Å². The smallest absolute Gasteiger partial charge is 0.151 e. The fraction of sp³-hybridized carbons (Fsp3) is 0.200. The molecule has 1 aromatic carbocycles. The minimum Gasteiger partial charge on any atom is -0.371 e.